The summed E-state index contributed by atoms with van der Waals surface area (Å²) in [7, 11) is 0. The van der Waals surface area contributed by atoms with Gasteiger partial charge in [-0.3, -0.25) is 21.1 Å². The van der Waals surface area contributed by atoms with Crippen molar-refractivity contribution in [3.8, 4) is 0 Å². The Labute approximate surface area is 63.3 Å². The van der Waals surface area contributed by atoms with E-state index in [4.69, 9.17) is 5.11 Å². The molecule has 2 heterocycles. The molecule has 5 N–H and O–H groups in total. The van der Waals surface area contributed by atoms with Crippen LogP contribution in [0.4, 0.5) is 0 Å². The number of fused-ring (bicyclic) bond motifs is 1. The Bertz CT molecular complexity index is 185. The molecule has 3 atom stereocenters. The van der Waals surface area contributed by atoms with Crippen LogP contribution in [0.3, 0.4) is 0 Å². The number of hydrogen-bond acceptors (Lipinski definition) is 5. The first-order valence-electron chi connectivity index (χ1n) is 3.51. The molecular formula is C5H10N4O2. The van der Waals surface area contributed by atoms with Gasteiger partial charge in [-0.1, -0.05) is 0 Å². The third-order valence-electron chi connectivity index (χ3n) is 2.07. The summed E-state index contributed by atoms with van der Waals surface area (Å²) >= 11 is 0. The minimum atomic E-state index is -0.832. The monoisotopic (exact) mass is 158 g/mol. The van der Waals surface area contributed by atoms with E-state index in [2.05, 4.69) is 21.7 Å². The van der Waals surface area contributed by atoms with E-state index in [1.807, 2.05) is 0 Å². The average Bonchev–Trinajstić information content (AvgIpc) is 2.41. The van der Waals surface area contributed by atoms with Crippen LogP contribution in [0, 0.1) is 0 Å². The SMILES string of the molecule is O=C(O)C1NNC2CNNC21. The molecule has 0 bridgehead atoms. The lowest BCUT2D eigenvalue weighted by atomic mass is 10.1. The van der Waals surface area contributed by atoms with Gasteiger partial charge in [0, 0.05) is 6.54 Å². The quantitative estimate of drug-likeness (QED) is 0.287. The van der Waals surface area contributed by atoms with E-state index >= 15 is 0 Å². The van der Waals surface area contributed by atoms with Crippen LogP contribution >= 0.6 is 0 Å². The molecule has 0 spiro atoms. The third kappa shape index (κ3) is 1.000. The Morgan fingerprint density at radius 3 is 2.91 bits per heavy atom. The summed E-state index contributed by atoms with van der Waals surface area (Å²) in [5.74, 6) is -0.832. The molecule has 0 aromatic heterocycles. The number of rotatable bonds is 1. The zero-order chi connectivity index (χ0) is 7.84. The van der Waals surface area contributed by atoms with E-state index in [0.29, 0.717) is 0 Å². The molecule has 2 aliphatic heterocycles. The molecule has 3 unspecified atom stereocenters. The minimum Gasteiger partial charge on any atom is -0.480 e. The van der Waals surface area contributed by atoms with Gasteiger partial charge in [-0.15, -0.1) is 0 Å². The second-order valence-corrected chi connectivity index (χ2v) is 2.76. The molecule has 0 aromatic carbocycles. The first kappa shape index (κ1) is 6.99. The molecule has 6 heteroatoms. The van der Waals surface area contributed by atoms with Gasteiger partial charge >= 0.3 is 5.97 Å². The lowest BCUT2D eigenvalue weighted by Gasteiger charge is -2.10. The van der Waals surface area contributed by atoms with Crippen LogP contribution in [0.5, 0.6) is 0 Å². The first-order valence-corrected chi connectivity index (χ1v) is 3.51. The maximum Gasteiger partial charge on any atom is 0.323 e. The largest absolute Gasteiger partial charge is 0.480 e. The van der Waals surface area contributed by atoms with Crippen LogP contribution in [0.1, 0.15) is 0 Å². The molecule has 2 rings (SSSR count). The van der Waals surface area contributed by atoms with Gasteiger partial charge in [0.1, 0.15) is 6.04 Å². The molecular weight excluding hydrogens is 148 g/mol. The second kappa shape index (κ2) is 2.42. The van der Waals surface area contributed by atoms with Gasteiger partial charge in [-0.2, -0.15) is 0 Å². The summed E-state index contributed by atoms with van der Waals surface area (Å²) in [6.45, 7) is 0.751. The van der Waals surface area contributed by atoms with Gasteiger partial charge in [0.25, 0.3) is 0 Å². The van der Waals surface area contributed by atoms with Crippen molar-refractivity contribution in [1.82, 2.24) is 21.7 Å². The van der Waals surface area contributed by atoms with Crippen molar-refractivity contribution < 1.29 is 9.90 Å². The Kier molecular flexibility index (Phi) is 1.53. The van der Waals surface area contributed by atoms with Gasteiger partial charge in [-0.05, 0) is 0 Å². The van der Waals surface area contributed by atoms with Gasteiger partial charge < -0.3 is 5.11 Å². The van der Waals surface area contributed by atoms with Crippen LogP contribution in [0.25, 0.3) is 0 Å². The molecule has 62 valence electrons. The highest BCUT2D eigenvalue weighted by Gasteiger charge is 2.42. The fourth-order valence-electron chi connectivity index (χ4n) is 1.47. The Morgan fingerprint density at radius 2 is 2.18 bits per heavy atom. The summed E-state index contributed by atoms with van der Waals surface area (Å²) in [5, 5.41) is 8.69. The second-order valence-electron chi connectivity index (χ2n) is 2.76. The molecule has 0 aliphatic carbocycles. The number of carbonyl (C=O) groups is 1. The van der Waals surface area contributed by atoms with Crippen LogP contribution in [-0.4, -0.2) is 35.7 Å². The van der Waals surface area contributed by atoms with E-state index in [1.165, 1.54) is 0 Å². The van der Waals surface area contributed by atoms with Crippen molar-refractivity contribution in [3.05, 3.63) is 0 Å². The molecule has 6 nitrogen and oxygen atoms in total. The molecule has 0 aromatic rings. The van der Waals surface area contributed by atoms with E-state index in [9.17, 15) is 4.79 Å². The number of carboxylic acid groups (broad SMARTS) is 1. The van der Waals surface area contributed by atoms with Crippen LogP contribution in [0.2, 0.25) is 0 Å². The van der Waals surface area contributed by atoms with E-state index in [1.54, 1.807) is 0 Å². The van der Waals surface area contributed by atoms with E-state index in [0.717, 1.165) is 6.54 Å². The van der Waals surface area contributed by atoms with Crippen molar-refractivity contribution in [2.75, 3.05) is 6.54 Å². The Morgan fingerprint density at radius 1 is 1.36 bits per heavy atom. The van der Waals surface area contributed by atoms with Crippen molar-refractivity contribution in [2.45, 2.75) is 18.1 Å². The van der Waals surface area contributed by atoms with Gasteiger partial charge in [0.05, 0.1) is 12.1 Å². The minimum absolute atomic E-state index is 0.0486. The summed E-state index contributed by atoms with van der Waals surface area (Å²) < 4.78 is 0. The van der Waals surface area contributed by atoms with Crippen LogP contribution < -0.4 is 21.7 Å². The van der Waals surface area contributed by atoms with Gasteiger partial charge in [0.2, 0.25) is 0 Å². The number of carboxylic acids is 1. The molecule has 0 radical (unpaired) electrons. The van der Waals surface area contributed by atoms with E-state index < -0.39 is 12.0 Å². The standard InChI is InChI=1S/C5H10N4O2/c10-5(11)4-3-2(7-9-4)1-6-8-3/h2-4,6-9H,1H2,(H,10,11). The summed E-state index contributed by atoms with van der Waals surface area (Å²) in [6.07, 6.45) is 0. The van der Waals surface area contributed by atoms with Crippen LogP contribution in [0.15, 0.2) is 0 Å². The van der Waals surface area contributed by atoms with Crippen molar-refractivity contribution >= 4 is 5.97 Å². The molecule has 2 fully saturated rings. The highest BCUT2D eigenvalue weighted by Crippen LogP contribution is 2.08. The highest BCUT2D eigenvalue weighted by atomic mass is 16.4. The maximum atomic E-state index is 10.6. The number of aliphatic carboxylic acids is 1. The molecule has 11 heavy (non-hydrogen) atoms. The average molecular weight is 158 g/mol. The van der Waals surface area contributed by atoms with Gasteiger partial charge in [0.15, 0.2) is 0 Å². The predicted octanol–water partition coefficient (Wildman–Crippen LogP) is -2.61. The number of hydrogen-bond donors (Lipinski definition) is 5. The fourth-order valence-corrected chi connectivity index (χ4v) is 1.47. The molecule has 0 saturated carbocycles. The van der Waals surface area contributed by atoms with Crippen molar-refractivity contribution in [3.63, 3.8) is 0 Å². The number of nitrogens with one attached hydrogen (secondary N) is 4. The smallest absolute Gasteiger partial charge is 0.323 e. The Balaban J connectivity index is 2.08. The first-order chi connectivity index (χ1) is 5.29. The summed E-state index contributed by atoms with van der Waals surface area (Å²) in [5.41, 5.74) is 11.4. The predicted molar refractivity (Wildman–Crippen MR) is 36.4 cm³/mol. The molecule has 0 amide bonds. The Hall–Kier alpha value is -0.690. The lowest BCUT2D eigenvalue weighted by molar-refractivity contribution is -0.139. The zero-order valence-electron chi connectivity index (χ0n) is 5.79. The zero-order valence-corrected chi connectivity index (χ0v) is 5.79. The van der Waals surface area contributed by atoms with Crippen LogP contribution in [-0.2, 0) is 4.79 Å². The number of hydrazine groups is 2. The van der Waals surface area contributed by atoms with Crippen molar-refractivity contribution in [1.29, 1.82) is 0 Å². The van der Waals surface area contributed by atoms with Gasteiger partial charge in [-0.25, -0.2) is 5.43 Å². The summed E-state index contributed by atoms with van der Waals surface area (Å²) in [4.78, 5) is 10.6. The highest BCUT2D eigenvalue weighted by molar-refractivity contribution is 5.75. The third-order valence-corrected chi connectivity index (χ3v) is 2.07. The molecule has 2 saturated heterocycles. The maximum absolute atomic E-state index is 10.6. The lowest BCUT2D eigenvalue weighted by Crippen LogP contribution is -2.48. The van der Waals surface area contributed by atoms with E-state index in [-0.39, 0.29) is 12.1 Å². The summed E-state index contributed by atoms with van der Waals surface area (Å²) in [6, 6.07) is -0.404. The van der Waals surface area contributed by atoms with Crippen molar-refractivity contribution in [2.24, 2.45) is 0 Å². The molecule has 2 aliphatic rings. The topological polar surface area (TPSA) is 85.4 Å². The normalized spacial score (nSPS) is 42.4. The fraction of sp³-hybridized carbons (Fsp3) is 0.800.